The molecule has 1 aromatic carbocycles. The average Bonchev–Trinajstić information content (AvgIpc) is 2.17. The first kappa shape index (κ1) is 7.31. The molecule has 61 valence electrons. The Hall–Kier alpha value is -1.35. The number of hydrogen-bond donors (Lipinski definition) is 1. The molecule has 1 N–H and O–H groups in total. The Labute approximate surface area is 71.0 Å². The molecule has 3 nitrogen and oxygen atoms in total. The van der Waals surface area contributed by atoms with Crippen molar-refractivity contribution in [2.45, 2.75) is 6.23 Å². The lowest BCUT2D eigenvalue weighted by Crippen LogP contribution is -2.22. The van der Waals surface area contributed by atoms with E-state index in [9.17, 15) is 0 Å². The lowest BCUT2D eigenvalue weighted by molar-refractivity contribution is 0.0734. The number of hydrogen-bond acceptors (Lipinski definition) is 3. The van der Waals surface area contributed by atoms with Crippen LogP contribution in [0, 0.1) is 6.07 Å². The minimum absolute atomic E-state index is 0.125. The van der Waals surface area contributed by atoms with Crippen LogP contribution in [-0.2, 0) is 4.74 Å². The summed E-state index contributed by atoms with van der Waals surface area (Å²) in [5.41, 5.74) is 5.02. The van der Waals surface area contributed by atoms with Gasteiger partial charge in [-0.3, -0.25) is 5.43 Å². The summed E-state index contributed by atoms with van der Waals surface area (Å²) >= 11 is 0. The number of ether oxygens (including phenoxy) is 1. The molecular weight excluding hydrogens is 152 g/mol. The van der Waals surface area contributed by atoms with Gasteiger partial charge in [0.1, 0.15) is 0 Å². The molecule has 3 heteroatoms. The Morgan fingerprint density at radius 3 is 3.42 bits per heavy atom. The van der Waals surface area contributed by atoms with Crippen LogP contribution in [0.4, 0.5) is 0 Å². The third-order valence-corrected chi connectivity index (χ3v) is 1.84. The fraction of sp³-hybridized carbons (Fsp3) is 0.222. The number of hydrazone groups is 1. The molecule has 1 heterocycles. The highest BCUT2D eigenvalue weighted by atomic mass is 16.5. The van der Waals surface area contributed by atoms with Crippen molar-refractivity contribution >= 4 is 6.21 Å². The van der Waals surface area contributed by atoms with Crippen LogP contribution in [0.15, 0.2) is 23.3 Å². The van der Waals surface area contributed by atoms with Gasteiger partial charge in [0.25, 0.3) is 0 Å². The Balaban J connectivity index is 2.45. The normalized spacial score (nSPS) is 19.9. The second kappa shape index (κ2) is 2.95. The van der Waals surface area contributed by atoms with Crippen LogP contribution >= 0.6 is 0 Å². The summed E-state index contributed by atoms with van der Waals surface area (Å²) in [4.78, 5) is 0. The monoisotopic (exact) mass is 161 g/mol. The van der Waals surface area contributed by atoms with Gasteiger partial charge in [0.15, 0.2) is 6.23 Å². The Kier molecular flexibility index (Phi) is 1.80. The van der Waals surface area contributed by atoms with Gasteiger partial charge in [0.2, 0.25) is 0 Å². The highest BCUT2D eigenvalue weighted by Gasteiger charge is 2.14. The van der Waals surface area contributed by atoms with E-state index in [4.69, 9.17) is 4.74 Å². The molecule has 0 saturated carbocycles. The van der Waals surface area contributed by atoms with Crippen LogP contribution in [-0.4, -0.2) is 13.3 Å². The van der Waals surface area contributed by atoms with Crippen molar-refractivity contribution < 1.29 is 4.74 Å². The van der Waals surface area contributed by atoms with E-state index >= 15 is 0 Å². The quantitative estimate of drug-likeness (QED) is 0.668. The number of nitrogens with one attached hydrogen (secondary N) is 1. The average molecular weight is 161 g/mol. The van der Waals surface area contributed by atoms with E-state index in [1.807, 2.05) is 18.2 Å². The molecule has 1 aromatic rings. The van der Waals surface area contributed by atoms with Gasteiger partial charge < -0.3 is 4.74 Å². The third-order valence-electron chi connectivity index (χ3n) is 1.84. The van der Waals surface area contributed by atoms with Crippen molar-refractivity contribution in [2.75, 3.05) is 7.11 Å². The van der Waals surface area contributed by atoms with Crippen molar-refractivity contribution in [2.24, 2.45) is 5.10 Å². The first-order valence-corrected chi connectivity index (χ1v) is 3.73. The molecule has 1 atom stereocenters. The summed E-state index contributed by atoms with van der Waals surface area (Å²) < 4.78 is 5.18. The lowest BCUT2D eigenvalue weighted by Gasteiger charge is -2.20. The largest absolute Gasteiger partial charge is 0.356 e. The van der Waals surface area contributed by atoms with Gasteiger partial charge in [-0.15, -0.1) is 0 Å². The summed E-state index contributed by atoms with van der Waals surface area (Å²) in [6.45, 7) is 0. The van der Waals surface area contributed by atoms with Crippen molar-refractivity contribution in [1.82, 2.24) is 5.43 Å². The van der Waals surface area contributed by atoms with E-state index in [1.54, 1.807) is 13.3 Å². The molecular formula is C9H9N2O. The number of rotatable bonds is 1. The fourth-order valence-corrected chi connectivity index (χ4v) is 1.23. The van der Waals surface area contributed by atoms with Crippen LogP contribution in [0.2, 0.25) is 0 Å². The summed E-state index contributed by atoms with van der Waals surface area (Å²) in [5, 5.41) is 3.95. The number of fused-ring (bicyclic) bond motifs is 1. The van der Waals surface area contributed by atoms with Gasteiger partial charge in [-0.1, -0.05) is 12.1 Å². The Morgan fingerprint density at radius 2 is 2.58 bits per heavy atom. The van der Waals surface area contributed by atoms with E-state index in [0.717, 1.165) is 11.1 Å². The number of benzene rings is 1. The summed E-state index contributed by atoms with van der Waals surface area (Å²) in [7, 11) is 1.65. The molecule has 1 radical (unpaired) electrons. The number of nitrogens with zero attached hydrogens (tertiary/aromatic N) is 1. The second-order valence-electron chi connectivity index (χ2n) is 2.56. The van der Waals surface area contributed by atoms with Gasteiger partial charge in [-0.25, -0.2) is 0 Å². The zero-order chi connectivity index (χ0) is 8.39. The van der Waals surface area contributed by atoms with Crippen molar-refractivity contribution in [1.29, 1.82) is 0 Å². The van der Waals surface area contributed by atoms with Crippen molar-refractivity contribution in [3.63, 3.8) is 0 Å². The van der Waals surface area contributed by atoms with Gasteiger partial charge in [0, 0.05) is 18.2 Å². The fourth-order valence-electron chi connectivity index (χ4n) is 1.23. The SMILES string of the molecule is COC1NN=Cc2c[c]ccc21. The molecule has 0 amide bonds. The first-order chi connectivity index (χ1) is 5.92. The van der Waals surface area contributed by atoms with E-state index in [1.165, 1.54) is 0 Å². The molecule has 12 heavy (non-hydrogen) atoms. The first-order valence-electron chi connectivity index (χ1n) is 3.73. The predicted molar refractivity (Wildman–Crippen MR) is 45.8 cm³/mol. The molecule has 0 spiro atoms. The zero-order valence-corrected chi connectivity index (χ0v) is 6.74. The van der Waals surface area contributed by atoms with Gasteiger partial charge in [0.05, 0.1) is 6.21 Å². The molecule has 0 aromatic heterocycles. The van der Waals surface area contributed by atoms with Crippen LogP contribution < -0.4 is 5.43 Å². The predicted octanol–water partition coefficient (Wildman–Crippen LogP) is 1.07. The van der Waals surface area contributed by atoms with Crippen LogP contribution in [0.5, 0.6) is 0 Å². The standard InChI is InChI=1S/C9H9N2O/c1-12-9-8-5-3-2-4-7(8)6-10-11-9/h3-6,9,11H,1H3. The minimum atomic E-state index is -0.125. The third kappa shape index (κ3) is 1.08. The highest BCUT2D eigenvalue weighted by Crippen LogP contribution is 2.19. The lowest BCUT2D eigenvalue weighted by atomic mass is 10.1. The van der Waals surface area contributed by atoms with E-state index in [2.05, 4.69) is 16.6 Å². The van der Waals surface area contributed by atoms with E-state index < -0.39 is 0 Å². The molecule has 0 aliphatic carbocycles. The van der Waals surface area contributed by atoms with Crippen LogP contribution in [0.3, 0.4) is 0 Å². The molecule has 0 bridgehead atoms. The molecule has 0 fully saturated rings. The second-order valence-corrected chi connectivity index (χ2v) is 2.56. The van der Waals surface area contributed by atoms with Gasteiger partial charge in [-0.2, -0.15) is 5.10 Å². The summed E-state index contributed by atoms with van der Waals surface area (Å²) in [6.07, 6.45) is 1.64. The maximum absolute atomic E-state index is 5.18. The summed E-state index contributed by atoms with van der Waals surface area (Å²) in [6, 6.07) is 8.73. The van der Waals surface area contributed by atoms with Crippen LogP contribution in [0.1, 0.15) is 17.4 Å². The minimum Gasteiger partial charge on any atom is -0.356 e. The Bertz CT molecular complexity index is 309. The van der Waals surface area contributed by atoms with Gasteiger partial charge >= 0.3 is 0 Å². The van der Waals surface area contributed by atoms with Crippen molar-refractivity contribution in [3.8, 4) is 0 Å². The summed E-state index contributed by atoms with van der Waals surface area (Å²) in [5.74, 6) is 0. The van der Waals surface area contributed by atoms with E-state index in [-0.39, 0.29) is 6.23 Å². The van der Waals surface area contributed by atoms with E-state index in [0.29, 0.717) is 0 Å². The maximum Gasteiger partial charge on any atom is 0.168 e. The molecule has 2 rings (SSSR count). The number of methoxy groups -OCH3 is 1. The molecule has 1 aliphatic rings. The zero-order valence-electron chi connectivity index (χ0n) is 6.74. The Morgan fingerprint density at radius 1 is 1.67 bits per heavy atom. The highest BCUT2D eigenvalue weighted by molar-refractivity contribution is 5.82. The molecule has 1 aliphatic heterocycles. The maximum atomic E-state index is 5.18. The topological polar surface area (TPSA) is 33.6 Å². The van der Waals surface area contributed by atoms with Crippen molar-refractivity contribution in [3.05, 3.63) is 35.4 Å². The molecule has 0 saturated heterocycles. The smallest absolute Gasteiger partial charge is 0.168 e. The van der Waals surface area contributed by atoms with Crippen LogP contribution in [0.25, 0.3) is 0 Å². The van der Waals surface area contributed by atoms with Gasteiger partial charge in [-0.05, 0) is 12.1 Å². The molecule has 1 unspecified atom stereocenters.